The van der Waals surface area contributed by atoms with Crippen molar-refractivity contribution in [2.24, 2.45) is 0 Å². The standard InChI is InChI=1S/C22H16F4N6O4/c1-12(33)36-19(22(24,25)26)21(34)29-18-6-8-27-20(28-18)16-10-17(15-7-9-35-31-15)32(30-16)11-13-4-2-3-5-14(13)23/h2-10,19H,11H2,1H3,(H,27,28,29,34). The van der Waals surface area contributed by atoms with E-state index in [0.717, 1.165) is 13.0 Å². The van der Waals surface area contributed by atoms with Crippen LogP contribution < -0.4 is 5.32 Å². The lowest BCUT2D eigenvalue weighted by atomic mass is 10.2. The molecule has 1 atom stereocenters. The van der Waals surface area contributed by atoms with Crippen molar-refractivity contribution >= 4 is 17.7 Å². The predicted octanol–water partition coefficient (Wildman–Crippen LogP) is 3.62. The molecule has 1 unspecified atom stereocenters. The van der Waals surface area contributed by atoms with Crippen molar-refractivity contribution in [3.8, 4) is 22.9 Å². The Bertz CT molecular complexity index is 1390. The highest BCUT2D eigenvalue weighted by Crippen LogP contribution is 2.27. The Balaban J connectivity index is 1.65. The molecule has 0 aliphatic heterocycles. The number of nitrogens with zero attached hydrogens (tertiary/aromatic N) is 5. The van der Waals surface area contributed by atoms with Crippen LogP contribution in [-0.2, 0) is 20.9 Å². The van der Waals surface area contributed by atoms with E-state index < -0.39 is 30.0 Å². The topological polar surface area (TPSA) is 125 Å². The van der Waals surface area contributed by atoms with Gasteiger partial charge in [0.1, 0.15) is 29.3 Å². The van der Waals surface area contributed by atoms with Gasteiger partial charge in [-0.2, -0.15) is 18.3 Å². The molecule has 0 aliphatic carbocycles. The number of aromatic nitrogens is 5. The highest BCUT2D eigenvalue weighted by Gasteiger charge is 2.48. The lowest BCUT2D eigenvalue weighted by Crippen LogP contribution is -2.43. The molecule has 0 aliphatic rings. The molecular formula is C22H16F4N6O4. The van der Waals surface area contributed by atoms with Gasteiger partial charge in [0.05, 0.1) is 12.2 Å². The summed E-state index contributed by atoms with van der Waals surface area (Å²) in [6.45, 7) is 0.764. The van der Waals surface area contributed by atoms with Crippen LogP contribution in [0.15, 0.2) is 59.4 Å². The van der Waals surface area contributed by atoms with Crippen LogP contribution in [0.25, 0.3) is 22.9 Å². The van der Waals surface area contributed by atoms with Gasteiger partial charge in [-0.1, -0.05) is 23.4 Å². The molecule has 0 saturated heterocycles. The number of hydrogen-bond acceptors (Lipinski definition) is 8. The van der Waals surface area contributed by atoms with Crippen LogP contribution in [0.3, 0.4) is 0 Å². The summed E-state index contributed by atoms with van der Waals surface area (Å²) in [4.78, 5) is 31.3. The SMILES string of the molecule is CC(=O)OC(C(=O)Nc1ccnc(-c2cc(-c3ccon3)n(Cc3ccccc3F)n2)n1)C(F)(F)F. The van der Waals surface area contributed by atoms with Gasteiger partial charge >= 0.3 is 12.1 Å². The molecule has 1 aromatic carbocycles. The van der Waals surface area contributed by atoms with E-state index in [1.807, 2.05) is 5.32 Å². The molecule has 0 spiro atoms. The van der Waals surface area contributed by atoms with Gasteiger partial charge in [0.25, 0.3) is 12.0 Å². The third kappa shape index (κ3) is 5.54. The number of ether oxygens (including phenoxy) is 1. The maximum absolute atomic E-state index is 14.2. The quantitative estimate of drug-likeness (QED) is 0.299. The molecular weight excluding hydrogens is 488 g/mol. The van der Waals surface area contributed by atoms with Crippen LogP contribution in [0.2, 0.25) is 0 Å². The summed E-state index contributed by atoms with van der Waals surface area (Å²) in [6.07, 6.45) is -5.63. The van der Waals surface area contributed by atoms with Gasteiger partial charge in [-0.25, -0.2) is 14.4 Å². The largest absolute Gasteiger partial charge is 0.443 e. The van der Waals surface area contributed by atoms with Gasteiger partial charge in [-0.05, 0) is 18.2 Å². The number of nitrogens with one attached hydrogen (secondary N) is 1. The average Bonchev–Trinajstić information content (AvgIpc) is 3.48. The van der Waals surface area contributed by atoms with Crippen LogP contribution in [-0.4, -0.2) is 49.1 Å². The number of alkyl halides is 3. The van der Waals surface area contributed by atoms with Crippen LogP contribution >= 0.6 is 0 Å². The second-order valence-corrected chi connectivity index (χ2v) is 7.33. The molecule has 10 nitrogen and oxygen atoms in total. The predicted molar refractivity (Wildman–Crippen MR) is 114 cm³/mol. The van der Waals surface area contributed by atoms with E-state index in [4.69, 9.17) is 4.52 Å². The van der Waals surface area contributed by atoms with Crippen LogP contribution in [0, 0.1) is 5.82 Å². The fraction of sp³-hybridized carbons (Fsp3) is 0.182. The number of halogens is 4. The van der Waals surface area contributed by atoms with Crippen molar-refractivity contribution in [3.05, 3.63) is 66.3 Å². The van der Waals surface area contributed by atoms with Crippen LogP contribution in [0.5, 0.6) is 0 Å². The molecule has 1 N–H and O–H groups in total. The molecule has 4 rings (SSSR count). The fourth-order valence-corrected chi connectivity index (χ4v) is 3.16. The lowest BCUT2D eigenvalue weighted by molar-refractivity contribution is -0.216. The summed E-state index contributed by atoms with van der Waals surface area (Å²) in [5.41, 5.74) is 1.30. The van der Waals surface area contributed by atoms with Gasteiger partial charge in [-0.15, -0.1) is 0 Å². The number of esters is 1. The fourth-order valence-electron chi connectivity index (χ4n) is 3.16. The van der Waals surface area contributed by atoms with E-state index in [-0.39, 0.29) is 23.9 Å². The van der Waals surface area contributed by atoms with Crippen LogP contribution in [0.4, 0.5) is 23.4 Å². The number of amides is 1. The zero-order valence-corrected chi connectivity index (χ0v) is 18.4. The summed E-state index contributed by atoms with van der Waals surface area (Å²) >= 11 is 0. The van der Waals surface area contributed by atoms with Crippen molar-refractivity contribution in [3.63, 3.8) is 0 Å². The van der Waals surface area contributed by atoms with E-state index in [2.05, 4.69) is 25.0 Å². The minimum absolute atomic E-state index is 0.0148. The second kappa shape index (κ2) is 9.93. The third-order valence-electron chi connectivity index (χ3n) is 4.71. The summed E-state index contributed by atoms with van der Waals surface area (Å²) < 4.78 is 64.1. The number of rotatable bonds is 7. The average molecular weight is 504 g/mol. The molecule has 0 fully saturated rings. The van der Waals surface area contributed by atoms with Crippen molar-refractivity contribution in [2.45, 2.75) is 25.7 Å². The molecule has 186 valence electrons. The zero-order valence-electron chi connectivity index (χ0n) is 18.4. The smallest absolute Gasteiger partial charge is 0.434 e. The van der Waals surface area contributed by atoms with E-state index in [1.165, 1.54) is 29.3 Å². The molecule has 0 saturated carbocycles. The Morgan fingerprint density at radius 2 is 1.94 bits per heavy atom. The molecule has 4 aromatic rings. The Morgan fingerprint density at radius 3 is 2.61 bits per heavy atom. The van der Waals surface area contributed by atoms with Crippen molar-refractivity contribution in [1.82, 2.24) is 24.9 Å². The first-order valence-corrected chi connectivity index (χ1v) is 10.2. The van der Waals surface area contributed by atoms with Crippen molar-refractivity contribution in [1.29, 1.82) is 0 Å². The maximum Gasteiger partial charge on any atom is 0.434 e. The first kappa shape index (κ1) is 24.5. The van der Waals surface area contributed by atoms with Gasteiger partial charge < -0.3 is 14.6 Å². The number of hydrogen-bond donors (Lipinski definition) is 1. The Morgan fingerprint density at radius 1 is 1.17 bits per heavy atom. The summed E-state index contributed by atoms with van der Waals surface area (Å²) in [5.74, 6) is -3.72. The molecule has 0 bridgehead atoms. The van der Waals surface area contributed by atoms with Crippen molar-refractivity contribution < 1.29 is 36.4 Å². The lowest BCUT2D eigenvalue weighted by Gasteiger charge is -2.18. The number of carbonyl (C=O) groups is 2. The highest BCUT2D eigenvalue weighted by molar-refractivity contribution is 5.95. The van der Waals surface area contributed by atoms with E-state index in [1.54, 1.807) is 24.3 Å². The summed E-state index contributed by atoms with van der Waals surface area (Å²) in [6, 6.07) is 10.3. The molecule has 3 aromatic heterocycles. The number of carbonyl (C=O) groups excluding carboxylic acids is 2. The van der Waals surface area contributed by atoms with E-state index >= 15 is 0 Å². The second-order valence-electron chi connectivity index (χ2n) is 7.33. The Labute approximate surface area is 199 Å². The Kier molecular flexibility index (Phi) is 6.76. The van der Waals surface area contributed by atoms with E-state index in [9.17, 15) is 27.2 Å². The minimum atomic E-state index is -5.14. The third-order valence-corrected chi connectivity index (χ3v) is 4.71. The number of anilines is 1. The van der Waals surface area contributed by atoms with Crippen molar-refractivity contribution in [2.75, 3.05) is 5.32 Å². The number of benzene rings is 1. The first-order chi connectivity index (χ1) is 17.1. The van der Waals surface area contributed by atoms with Gasteiger partial charge in [0.2, 0.25) is 0 Å². The highest BCUT2D eigenvalue weighted by atomic mass is 19.4. The molecule has 14 heteroatoms. The zero-order chi connectivity index (χ0) is 25.9. The first-order valence-electron chi connectivity index (χ1n) is 10.2. The summed E-state index contributed by atoms with van der Waals surface area (Å²) in [7, 11) is 0. The normalized spacial score (nSPS) is 12.2. The Hall–Kier alpha value is -4.62. The summed E-state index contributed by atoms with van der Waals surface area (Å²) in [5, 5.41) is 10.2. The monoisotopic (exact) mass is 504 g/mol. The van der Waals surface area contributed by atoms with Gasteiger partial charge in [0.15, 0.2) is 5.82 Å². The molecule has 3 heterocycles. The molecule has 36 heavy (non-hydrogen) atoms. The molecule has 1 amide bonds. The van der Waals surface area contributed by atoms with Crippen LogP contribution in [0.1, 0.15) is 12.5 Å². The minimum Gasteiger partial charge on any atom is -0.443 e. The van der Waals surface area contributed by atoms with Gasteiger partial charge in [0, 0.05) is 24.8 Å². The van der Waals surface area contributed by atoms with E-state index in [0.29, 0.717) is 17.0 Å². The maximum atomic E-state index is 14.2. The molecule has 0 radical (unpaired) electrons. The van der Waals surface area contributed by atoms with Gasteiger partial charge in [-0.3, -0.25) is 14.3 Å².